The molecular weight excluding hydrogens is 229 g/mol. The summed E-state index contributed by atoms with van der Waals surface area (Å²) in [5.41, 5.74) is 3.28. The summed E-state index contributed by atoms with van der Waals surface area (Å²) in [6.45, 7) is 2.75. The van der Waals surface area contributed by atoms with Crippen molar-refractivity contribution in [3.63, 3.8) is 0 Å². The molecule has 0 unspecified atom stereocenters. The second kappa shape index (κ2) is 6.19. The van der Waals surface area contributed by atoms with Gasteiger partial charge in [0.1, 0.15) is 6.67 Å². The minimum atomic E-state index is -0.383. The molecule has 0 amide bonds. The van der Waals surface area contributed by atoms with Crippen LogP contribution in [0.5, 0.6) is 0 Å². The summed E-state index contributed by atoms with van der Waals surface area (Å²) in [5, 5.41) is 7.48. The lowest BCUT2D eigenvalue weighted by Gasteiger charge is -2.06. The van der Waals surface area contributed by atoms with Gasteiger partial charge in [0.15, 0.2) is 0 Å². The van der Waals surface area contributed by atoms with E-state index >= 15 is 0 Å². The van der Waals surface area contributed by atoms with Crippen LogP contribution in [-0.2, 0) is 13.0 Å². The largest absolute Gasteiger partial charge is 0.382 e. The minimum absolute atomic E-state index is 0.326. The first-order chi connectivity index (χ1) is 8.81. The van der Waals surface area contributed by atoms with Crippen LogP contribution in [0.15, 0.2) is 36.5 Å². The molecule has 1 aromatic carbocycles. The van der Waals surface area contributed by atoms with Gasteiger partial charge in [-0.3, -0.25) is 4.68 Å². The lowest BCUT2D eigenvalue weighted by molar-refractivity contribution is 0.423. The first-order valence-electron chi connectivity index (χ1n) is 6.17. The molecule has 0 radical (unpaired) electrons. The predicted molar refractivity (Wildman–Crippen MR) is 71.6 cm³/mol. The monoisotopic (exact) mass is 247 g/mol. The number of hydrogen-bond acceptors (Lipinski definition) is 2. The standard InChI is InChI=1S/C14H18FN3/c1-12-14(11-17-18(12)10-8-15)16-9-7-13-5-3-2-4-6-13/h2-6,11,16H,7-10H2,1H3. The average Bonchev–Trinajstić information content (AvgIpc) is 2.73. The Labute approximate surface area is 107 Å². The van der Waals surface area contributed by atoms with Crippen LogP contribution in [-0.4, -0.2) is 23.0 Å². The molecule has 2 aromatic rings. The number of anilines is 1. The third kappa shape index (κ3) is 3.09. The number of rotatable bonds is 6. The smallest absolute Gasteiger partial charge is 0.109 e. The van der Waals surface area contributed by atoms with Crippen LogP contribution in [0, 0.1) is 6.92 Å². The average molecular weight is 247 g/mol. The van der Waals surface area contributed by atoms with Gasteiger partial charge in [0, 0.05) is 6.54 Å². The maximum Gasteiger partial charge on any atom is 0.109 e. The molecule has 0 fully saturated rings. The van der Waals surface area contributed by atoms with Crippen molar-refractivity contribution >= 4 is 5.69 Å². The Morgan fingerprint density at radius 2 is 2.06 bits per heavy atom. The highest BCUT2D eigenvalue weighted by molar-refractivity contribution is 5.45. The number of benzene rings is 1. The van der Waals surface area contributed by atoms with Crippen molar-refractivity contribution in [3.8, 4) is 0 Å². The third-order valence-electron chi connectivity index (χ3n) is 2.97. The number of alkyl halides is 1. The summed E-state index contributed by atoms with van der Waals surface area (Å²) in [6, 6.07) is 10.3. The van der Waals surface area contributed by atoms with E-state index in [9.17, 15) is 4.39 Å². The minimum Gasteiger partial charge on any atom is -0.382 e. The van der Waals surface area contributed by atoms with E-state index in [2.05, 4.69) is 22.5 Å². The molecule has 1 N–H and O–H groups in total. The van der Waals surface area contributed by atoms with Gasteiger partial charge in [0.25, 0.3) is 0 Å². The van der Waals surface area contributed by atoms with E-state index in [1.54, 1.807) is 10.9 Å². The summed E-state index contributed by atoms with van der Waals surface area (Å²) in [7, 11) is 0. The van der Waals surface area contributed by atoms with E-state index < -0.39 is 0 Å². The quantitative estimate of drug-likeness (QED) is 0.850. The highest BCUT2D eigenvalue weighted by Crippen LogP contribution is 2.13. The number of aromatic nitrogens is 2. The Morgan fingerprint density at radius 3 is 2.78 bits per heavy atom. The Bertz CT molecular complexity index is 479. The van der Waals surface area contributed by atoms with Gasteiger partial charge >= 0.3 is 0 Å². The van der Waals surface area contributed by atoms with Gasteiger partial charge in [-0.05, 0) is 18.9 Å². The molecule has 0 atom stereocenters. The molecule has 1 aromatic heterocycles. The topological polar surface area (TPSA) is 29.9 Å². The molecule has 0 aliphatic heterocycles. The summed E-state index contributed by atoms with van der Waals surface area (Å²) >= 11 is 0. The van der Waals surface area contributed by atoms with Crippen molar-refractivity contribution < 1.29 is 4.39 Å². The number of nitrogens with zero attached hydrogens (tertiary/aromatic N) is 2. The molecule has 3 nitrogen and oxygen atoms in total. The lowest BCUT2D eigenvalue weighted by Crippen LogP contribution is -2.07. The highest BCUT2D eigenvalue weighted by atomic mass is 19.1. The van der Waals surface area contributed by atoms with Crippen molar-refractivity contribution in [2.24, 2.45) is 0 Å². The number of aryl methyl sites for hydroxylation is 1. The predicted octanol–water partition coefficient (Wildman–Crippen LogP) is 2.82. The van der Waals surface area contributed by atoms with E-state index in [0.29, 0.717) is 6.54 Å². The summed E-state index contributed by atoms with van der Waals surface area (Å²) in [6.07, 6.45) is 2.73. The molecule has 1 heterocycles. The Morgan fingerprint density at radius 1 is 1.28 bits per heavy atom. The Kier molecular flexibility index (Phi) is 4.34. The number of hydrogen-bond donors (Lipinski definition) is 1. The zero-order valence-electron chi connectivity index (χ0n) is 10.6. The third-order valence-corrected chi connectivity index (χ3v) is 2.97. The van der Waals surface area contributed by atoms with E-state index in [4.69, 9.17) is 0 Å². The van der Waals surface area contributed by atoms with Crippen molar-refractivity contribution in [2.45, 2.75) is 19.9 Å². The van der Waals surface area contributed by atoms with Crippen LogP contribution in [0.3, 0.4) is 0 Å². The van der Waals surface area contributed by atoms with E-state index in [1.807, 2.05) is 25.1 Å². The van der Waals surface area contributed by atoms with Crippen LogP contribution in [0.2, 0.25) is 0 Å². The van der Waals surface area contributed by atoms with Crippen LogP contribution in [0.4, 0.5) is 10.1 Å². The number of halogens is 1. The molecule has 0 aliphatic carbocycles. The van der Waals surface area contributed by atoms with Crippen LogP contribution in [0.1, 0.15) is 11.3 Å². The van der Waals surface area contributed by atoms with Gasteiger partial charge in [-0.15, -0.1) is 0 Å². The Balaban J connectivity index is 1.87. The van der Waals surface area contributed by atoms with E-state index in [1.165, 1.54) is 5.56 Å². The van der Waals surface area contributed by atoms with E-state index in [-0.39, 0.29) is 6.67 Å². The van der Waals surface area contributed by atoms with Crippen LogP contribution in [0.25, 0.3) is 0 Å². The molecule has 0 saturated carbocycles. The second-order valence-corrected chi connectivity index (χ2v) is 4.22. The molecule has 0 aliphatic rings. The molecule has 2 rings (SSSR count). The van der Waals surface area contributed by atoms with Crippen LogP contribution < -0.4 is 5.32 Å². The zero-order valence-corrected chi connectivity index (χ0v) is 10.6. The van der Waals surface area contributed by atoms with Crippen molar-refractivity contribution in [1.29, 1.82) is 0 Å². The molecular formula is C14H18FN3. The maximum absolute atomic E-state index is 12.3. The van der Waals surface area contributed by atoms with Gasteiger partial charge in [-0.1, -0.05) is 30.3 Å². The van der Waals surface area contributed by atoms with Gasteiger partial charge in [-0.25, -0.2) is 4.39 Å². The first-order valence-corrected chi connectivity index (χ1v) is 6.17. The van der Waals surface area contributed by atoms with Crippen LogP contribution >= 0.6 is 0 Å². The summed E-state index contributed by atoms with van der Waals surface area (Å²) in [5.74, 6) is 0. The molecule has 0 saturated heterocycles. The van der Waals surface area contributed by atoms with E-state index in [0.717, 1.165) is 24.3 Å². The van der Waals surface area contributed by atoms with Crippen molar-refractivity contribution in [1.82, 2.24) is 9.78 Å². The molecule has 0 spiro atoms. The molecule has 4 heteroatoms. The fourth-order valence-corrected chi connectivity index (χ4v) is 1.91. The fraction of sp³-hybridized carbons (Fsp3) is 0.357. The first kappa shape index (κ1) is 12.6. The van der Waals surface area contributed by atoms with Gasteiger partial charge in [0.05, 0.1) is 24.1 Å². The molecule has 96 valence electrons. The Hall–Kier alpha value is -1.84. The SMILES string of the molecule is Cc1c(NCCc2ccccc2)cnn1CCF. The summed E-state index contributed by atoms with van der Waals surface area (Å²) < 4.78 is 13.9. The highest BCUT2D eigenvalue weighted by Gasteiger charge is 2.05. The molecule has 18 heavy (non-hydrogen) atoms. The van der Waals surface area contributed by atoms with Gasteiger partial charge in [0.2, 0.25) is 0 Å². The lowest BCUT2D eigenvalue weighted by atomic mass is 10.1. The summed E-state index contributed by atoms with van der Waals surface area (Å²) in [4.78, 5) is 0. The fourth-order valence-electron chi connectivity index (χ4n) is 1.91. The number of nitrogens with one attached hydrogen (secondary N) is 1. The van der Waals surface area contributed by atoms with Gasteiger partial charge in [-0.2, -0.15) is 5.10 Å². The normalized spacial score (nSPS) is 10.6. The maximum atomic E-state index is 12.3. The zero-order chi connectivity index (χ0) is 12.8. The van der Waals surface area contributed by atoms with Gasteiger partial charge < -0.3 is 5.32 Å². The second-order valence-electron chi connectivity index (χ2n) is 4.22. The van der Waals surface area contributed by atoms with Crippen molar-refractivity contribution in [3.05, 3.63) is 47.8 Å². The molecule has 0 bridgehead atoms. The van der Waals surface area contributed by atoms with Crippen molar-refractivity contribution in [2.75, 3.05) is 18.5 Å².